The number of fused-ring (bicyclic) bond motifs is 1. The average Bonchev–Trinajstić information content (AvgIpc) is 3.24. The van der Waals surface area contributed by atoms with E-state index in [1.54, 1.807) is 28.1 Å². The summed E-state index contributed by atoms with van der Waals surface area (Å²) in [6.07, 6.45) is 1.64. The van der Waals surface area contributed by atoms with Crippen LogP contribution >= 0.6 is 11.3 Å². The standard InChI is InChI=1S/C18H10F2N4O3S/c19-11-3-1-10(2-4-11)14-8-23-16(9-28-18(23)22-14)17(25)21-12-5-6-13(20)15(7-12)24(26)27/h1-9H,(H,21,25). The van der Waals surface area contributed by atoms with Crippen molar-refractivity contribution in [2.45, 2.75) is 0 Å². The smallest absolute Gasteiger partial charge is 0.306 e. The van der Waals surface area contributed by atoms with Crippen molar-refractivity contribution in [3.63, 3.8) is 0 Å². The molecule has 2 aromatic carbocycles. The van der Waals surface area contributed by atoms with E-state index in [1.165, 1.54) is 29.5 Å². The third-order valence-corrected chi connectivity index (χ3v) is 4.82. The highest BCUT2D eigenvalue weighted by atomic mass is 32.1. The van der Waals surface area contributed by atoms with Crippen LogP contribution in [0, 0.1) is 21.7 Å². The fraction of sp³-hybridized carbons (Fsp3) is 0. The Kier molecular flexibility index (Phi) is 4.32. The summed E-state index contributed by atoms with van der Waals surface area (Å²) in [5, 5.41) is 14.9. The molecule has 0 aliphatic carbocycles. The molecule has 7 nitrogen and oxygen atoms in total. The number of nitro groups is 1. The molecule has 1 amide bonds. The van der Waals surface area contributed by atoms with Gasteiger partial charge in [0.25, 0.3) is 5.91 Å². The number of anilines is 1. The summed E-state index contributed by atoms with van der Waals surface area (Å²) >= 11 is 1.23. The zero-order valence-electron chi connectivity index (χ0n) is 13.9. The van der Waals surface area contributed by atoms with Crippen LogP contribution in [0.3, 0.4) is 0 Å². The number of nitrogens with zero attached hydrogens (tertiary/aromatic N) is 3. The first-order valence-corrected chi connectivity index (χ1v) is 8.78. The first-order valence-electron chi connectivity index (χ1n) is 7.90. The molecule has 4 rings (SSSR count). The van der Waals surface area contributed by atoms with Crippen LogP contribution in [-0.2, 0) is 0 Å². The molecule has 2 aromatic heterocycles. The monoisotopic (exact) mass is 400 g/mol. The normalized spacial score (nSPS) is 10.9. The molecule has 0 saturated heterocycles. The Labute approximate surface area is 160 Å². The van der Waals surface area contributed by atoms with E-state index in [0.717, 1.165) is 12.1 Å². The summed E-state index contributed by atoms with van der Waals surface area (Å²) in [6.45, 7) is 0. The van der Waals surface area contributed by atoms with Gasteiger partial charge in [-0.25, -0.2) is 9.37 Å². The molecule has 1 N–H and O–H groups in total. The second-order valence-corrected chi connectivity index (χ2v) is 6.62. The molecule has 0 bridgehead atoms. The van der Waals surface area contributed by atoms with E-state index in [2.05, 4.69) is 10.3 Å². The van der Waals surface area contributed by atoms with Gasteiger partial charge in [0.1, 0.15) is 11.5 Å². The van der Waals surface area contributed by atoms with Gasteiger partial charge in [-0.2, -0.15) is 4.39 Å². The number of aromatic nitrogens is 2. The van der Waals surface area contributed by atoms with Crippen LogP contribution in [0.2, 0.25) is 0 Å². The number of thiazole rings is 1. The molecule has 0 aliphatic rings. The number of carbonyl (C=O) groups excluding carboxylic acids is 1. The van der Waals surface area contributed by atoms with Crippen molar-refractivity contribution in [3.8, 4) is 11.3 Å². The van der Waals surface area contributed by atoms with E-state index in [4.69, 9.17) is 0 Å². The Bertz CT molecular complexity index is 1220. The Morgan fingerprint density at radius 3 is 2.64 bits per heavy atom. The number of nitro benzene ring substituents is 1. The number of hydrogen-bond acceptors (Lipinski definition) is 5. The van der Waals surface area contributed by atoms with Crippen molar-refractivity contribution in [1.29, 1.82) is 0 Å². The molecule has 10 heteroatoms. The van der Waals surface area contributed by atoms with E-state index in [1.807, 2.05) is 0 Å². The van der Waals surface area contributed by atoms with Gasteiger partial charge in [-0.15, -0.1) is 11.3 Å². The molecular weight excluding hydrogens is 390 g/mol. The number of hydrogen-bond donors (Lipinski definition) is 1. The summed E-state index contributed by atoms with van der Waals surface area (Å²) in [5.74, 6) is -1.88. The van der Waals surface area contributed by atoms with Gasteiger partial charge in [0.15, 0.2) is 4.96 Å². The largest absolute Gasteiger partial charge is 0.320 e. The first-order chi connectivity index (χ1) is 13.4. The molecule has 0 aliphatic heterocycles. The van der Waals surface area contributed by atoms with Crippen molar-refractivity contribution in [2.75, 3.05) is 5.32 Å². The van der Waals surface area contributed by atoms with Crippen LogP contribution in [0.5, 0.6) is 0 Å². The minimum absolute atomic E-state index is 0.0938. The molecule has 0 unspecified atom stereocenters. The summed E-state index contributed by atoms with van der Waals surface area (Å²) < 4.78 is 28.1. The molecule has 2 heterocycles. The fourth-order valence-corrected chi connectivity index (χ4v) is 3.49. The molecule has 0 fully saturated rings. The van der Waals surface area contributed by atoms with Gasteiger partial charge in [0.2, 0.25) is 5.82 Å². The summed E-state index contributed by atoms with van der Waals surface area (Å²) in [6, 6.07) is 8.91. The maximum atomic E-state index is 13.4. The van der Waals surface area contributed by atoms with E-state index < -0.39 is 22.3 Å². The maximum Gasteiger partial charge on any atom is 0.306 e. The van der Waals surface area contributed by atoms with Crippen LogP contribution < -0.4 is 5.32 Å². The van der Waals surface area contributed by atoms with Gasteiger partial charge in [0, 0.05) is 28.9 Å². The SMILES string of the molecule is O=C(Nc1ccc(F)c([N+](=O)[O-])c1)c1csc2nc(-c3ccc(F)cc3)cn12. The number of rotatable bonds is 4. The third-order valence-electron chi connectivity index (χ3n) is 3.98. The summed E-state index contributed by atoms with van der Waals surface area (Å²) in [4.78, 5) is 27.5. The van der Waals surface area contributed by atoms with Gasteiger partial charge in [0.05, 0.1) is 10.6 Å². The predicted octanol–water partition coefficient (Wildman–Crippen LogP) is 4.50. The van der Waals surface area contributed by atoms with Crippen molar-refractivity contribution < 1.29 is 18.5 Å². The van der Waals surface area contributed by atoms with Crippen LogP contribution in [0.25, 0.3) is 16.2 Å². The van der Waals surface area contributed by atoms with Crippen LogP contribution in [0.1, 0.15) is 10.5 Å². The topological polar surface area (TPSA) is 89.5 Å². The Balaban J connectivity index is 1.64. The van der Waals surface area contributed by atoms with Crippen LogP contribution in [0.15, 0.2) is 54.0 Å². The first kappa shape index (κ1) is 17.7. The Morgan fingerprint density at radius 1 is 1.18 bits per heavy atom. The number of amides is 1. The molecule has 28 heavy (non-hydrogen) atoms. The van der Waals surface area contributed by atoms with Crippen molar-refractivity contribution in [1.82, 2.24) is 9.38 Å². The molecule has 0 radical (unpaired) electrons. The van der Waals surface area contributed by atoms with Gasteiger partial charge >= 0.3 is 5.69 Å². The van der Waals surface area contributed by atoms with Crippen molar-refractivity contribution >= 4 is 33.6 Å². The van der Waals surface area contributed by atoms with Crippen LogP contribution in [-0.4, -0.2) is 20.2 Å². The van der Waals surface area contributed by atoms with Gasteiger partial charge < -0.3 is 5.32 Å². The van der Waals surface area contributed by atoms with E-state index in [9.17, 15) is 23.7 Å². The molecule has 0 atom stereocenters. The molecule has 0 saturated carbocycles. The molecule has 140 valence electrons. The number of carbonyl (C=O) groups is 1. The second kappa shape index (κ2) is 6.82. The maximum absolute atomic E-state index is 13.4. The minimum atomic E-state index is -0.987. The van der Waals surface area contributed by atoms with Crippen molar-refractivity contribution in [3.05, 3.63) is 81.5 Å². The van der Waals surface area contributed by atoms with E-state index >= 15 is 0 Å². The van der Waals surface area contributed by atoms with Crippen LogP contribution in [0.4, 0.5) is 20.2 Å². The lowest BCUT2D eigenvalue weighted by molar-refractivity contribution is -0.387. The molecular formula is C18H10F2N4O3S. The minimum Gasteiger partial charge on any atom is -0.320 e. The number of nitrogens with one attached hydrogen (secondary N) is 1. The number of halogens is 2. The van der Waals surface area contributed by atoms with E-state index in [-0.39, 0.29) is 17.2 Å². The zero-order valence-corrected chi connectivity index (χ0v) is 14.7. The average molecular weight is 400 g/mol. The van der Waals surface area contributed by atoms with Gasteiger partial charge in [-0.1, -0.05) is 0 Å². The lowest BCUT2D eigenvalue weighted by Crippen LogP contribution is -2.14. The lowest BCUT2D eigenvalue weighted by atomic mass is 10.2. The number of imidazole rings is 1. The molecule has 4 aromatic rings. The second-order valence-electron chi connectivity index (χ2n) is 5.78. The van der Waals surface area contributed by atoms with Crippen molar-refractivity contribution in [2.24, 2.45) is 0 Å². The molecule has 0 spiro atoms. The number of benzene rings is 2. The highest BCUT2D eigenvalue weighted by molar-refractivity contribution is 7.15. The summed E-state index contributed by atoms with van der Waals surface area (Å²) in [5.41, 5.74) is 0.884. The summed E-state index contributed by atoms with van der Waals surface area (Å²) in [7, 11) is 0. The van der Waals surface area contributed by atoms with E-state index in [0.29, 0.717) is 16.2 Å². The van der Waals surface area contributed by atoms with Gasteiger partial charge in [-0.3, -0.25) is 19.3 Å². The fourth-order valence-electron chi connectivity index (χ4n) is 2.63. The quantitative estimate of drug-likeness (QED) is 0.403. The highest BCUT2D eigenvalue weighted by Gasteiger charge is 2.18. The highest BCUT2D eigenvalue weighted by Crippen LogP contribution is 2.26. The Morgan fingerprint density at radius 2 is 1.93 bits per heavy atom. The Hall–Kier alpha value is -3.66. The third kappa shape index (κ3) is 3.21. The predicted molar refractivity (Wildman–Crippen MR) is 99.5 cm³/mol. The lowest BCUT2D eigenvalue weighted by Gasteiger charge is -2.04. The van der Waals surface area contributed by atoms with Gasteiger partial charge in [-0.05, 0) is 36.4 Å². The zero-order chi connectivity index (χ0) is 19.8.